The van der Waals surface area contributed by atoms with Crippen molar-refractivity contribution in [2.45, 2.75) is 25.0 Å². The van der Waals surface area contributed by atoms with Gasteiger partial charge in [-0.15, -0.1) is 0 Å². The lowest BCUT2D eigenvalue weighted by molar-refractivity contribution is 0.00981. The Bertz CT molecular complexity index is 884. The van der Waals surface area contributed by atoms with Gasteiger partial charge in [0.25, 0.3) is 0 Å². The lowest BCUT2D eigenvalue weighted by Gasteiger charge is -2.41. The second-order valence-electron chi connectivity index (χ2n) is 7.54. The van der Waals surface area contributed by atoms with E-state index < -0.39 is 5.60 Å². The second-order valence-corrected chi connectivity index (χ2v) is 7.54. The molecular formula is C24H25NO. The Morgan fingerprint density at radius 2 is 1.46 bits per heavy atom. The largest absolute Gasteiger partial charge is 0.385 e. The van der Waals surface area contributed by atoms with Gasteiger partial charge in [0.1, 0.15) is 0 Å². The van der Waals surface area contributed by atoms with Crippen LogP contribution < -0.4 is 0 Å². The van der Waals surface area contributed by atoms with Gasteiger partial charge in [0.05, 0.1) is 5.60 Å². The molecule has 3 aromatic carbocycles. The average molecular weight is 343 g/mol. The van der Waals surface area contributed by atoms with Crippen LogP contribution in [-0.4, -0.2) is 23.6 Å². The number of rotatable bonds is 3. The number of hydrogen-bond donors (Lipinski definition) is 1. The maximum Gasteiger partial charge on any atom is 0.0949 e. The Kier molecular flexibility index (Phi) is 4.39. The van der Waals surface area contributed by atoms with Crippen molar-refractivity contribution in [1.29, 1.82) is 0 Å². The number of hydrogen-bond acceptors (Lipinski definition) is 2. The minimum absolute atomic E-state index is 0.0556. The van der Waals surface area contributed by atoms with E-state index in [-0.39, 0.29) is 5.92 Å². The number of aliphatic hydroxyl groups is 1. The molecule has 1 aliphatic rings. The highest BCUT2D eigenvalue weighted by Gasteiger charge is 2.38. The van der Waals surface area contributed by atoms with Crippen LogP contribution in [0.2, 0.25) is 0 Å². The maximum absolute atomic E-state index is 11.5. The van der Waals surface area contributed by atoms with E-state index in [2.05, 4.69) is 72.6 Å². The standard InChI is InChI=1S/C24H25NO/c1-24(26,23-17-25(2)16-20-10-6-7-11-22(20)23)21-14-12-19(13-15-21)18-8-4-3-5-9-18/h3-15,23,26H,16-17H2,1-2H3. The lowest BCUT2D eigenvalue weighted by Crippen LogP contribution is -2.41. The summed E-state index contributed by atoms with van der Waals surface area (Å²) >= 11 is 0. The number of benzene rings is 3. The molecule has 2 heteroatoms. The van der Waals surface area contributed by atoms with Gasteiger partial charge >= 0.3 is 0 Å². The van der Waals surface area contributed by atoms with Gasteiger partial charge < -0.3 is 10.0 Å². The third-order valence-electron chi connectivity index (χ3n) is 5.62. The van der Waals surface area contributed by atoms with E-state index in [0.717, 1.165) is 18.7 Å². The van der Waals surface area contributed by atoms with Gasteiger partial charge in [0.15, 0.2) is 0 Å². The number of fused-ring (bicyclic) bond motifs is 1. The molecule has 2 atom stereocenters. The van der Waals surface area contributed by atoms with E-state index in [1.807, 2.05) is 25.1 Å². The average Bonchev–Trinajstić information content (AvgIpc) is 2.68. The van der Waals surface area contributed by atoms with Crippen molar-refractivity contribution in [3.63, 3.8) is 0 Å². The third-order valence-corrected chi connectivity index (χ3v) is 5.62. The number of likely N-dealkylation sites (N-methyl/N-ethyl adjacent to an activating group) is 1. The van der Waals surface area contributed by atoms with Crippen molar-refractivity contribution in [2.24, 2.45) is 0 Å². The van der Waals surface area contributed by atoms with Crippen molar-refractivity contribution in [1.82, 2.24) is 4.90 Å². The summed E-state index contributed by atoms with van der Waals surface area (Å²) in [6, 6.07) is 27.2. The van der Waals surface area contributed by atoms with E-state index in [0.29, 0.717) is 0 Å². The molecule has 0 bridgehead atoms. The highest BCUT2D eigenvalue weighted by molar-refractivity contribution is 5.63. The topological polar surface area (TPSA) is 23.5 Å². The van der Waals surface area contributed by atoms with Crippen LogP contribution in [0.5, 0.6) is 0 Å². The van der Waals surface area contributed by atoms with Crippen molar-refractivity contribution < 1.29 is 5.11 Å². The first kappa shape index (κ1) is 17.0. The summed E-state index contributed by atoms with van der Waals surface area (Å²) in [6.07, 6.45) is 0. The van der Waals surface area contributed by atoms with Crippen LogP contribution in [0.25, 0.3) is 11.1 Å². The summed E-state index contributed by atoms with van der Waals surface area (Å²) in [5.41, 5.74) is 5.00. The quantitative estimate of drug-likeness (QED) is 0.739. The predicted molar refractivity (Wildman–Crippen MR) is 107 cm³/mol. The lowest BCUT2D eigenvalue weighted by atomic mass is 9.75. The first-order valence-corrected chi connectivity index (χ1v) is 9.20. The Labute approximate surface area is 155 Å². The van der Waals surface area contributed by atoms with Crippen LogP contribution in [-0.2, 0) is 12.1 Å². The summed E-state index contributed by atoms with van der Waals surface area (Å²) in [4.78, 5) is 2.29. The first-order valence-electron chi connectivity index (χ1n) is 9.20. The van der Waals surface area contributed by atoms with Gasteiger partial charge in [0.2, 0.25) is 0 Å². The molecule has 0 saturated carbocycles. The molecule has 0 spiro atoms. The molecule has 2 nitrogen and oxygen atoms in total. The third kappa shape index (κ3) is 3.07. The maximum atomic E-state index is 11.5. The van der Waals surface area contributed by atoms with Gasteiger partial charge in [-0.3, -0.25) is 0 Å². The normalized spacial score (nSPS) is 19.6. The van der Waals surface area contributed by atoms with Crippen LogP contribution in [0.1, 0.15) is 29.5 Å². The zero-order valence-electron chi connectivity index (χ0n) is 15.4. The molecular weight excluding hydrogens is 318 g/mol. The molecule has 26 heavy (non-hydrogen) atoms. The molecule has 1 aliphatic heterocycles. The van der Waals surface area contributed by atoms with Gasteiger partial charge in [-0.25, -0.2) is 0 Å². The monoisotopic (exact) mass is 343 g/mol. The summed E-state index contributed by atoms with van der Waals surface area (Å²) in [5, 5.41) is 11.5. The van der Waals surface area contributed by atoms with E-state index in [1.54, 1.807) is 0 Å². The molecule has 4 rings (SSSR count). The Balaban J connectivity index is 1.69. The Morgan fingerprint density at radius 3 is 2.19 bits per heavy atom. The van der Waals surface area contributed by atoms with Gasteiger partial charge in [0, 0.05) is 19.0 Å². The van der Waals surface area contributed by atoms with Crippen molar-refractivity contribution in [3.05, 3.63) is 95.6 Å². The van der Waals surface area contributed by atoms with E-state index in [9.17, 15) is 5.11 Å². The molecule has 0 fully saturated rings. The molecule has 1 heterocycles. The minimum Gasteiger partial charge on any atom is -0.385 e. The van der Waals surface area contributed by atoms with Crippen LogP contribution in [0.3, 0.4) is 0 Å². The van der Waals surface area contributed by atoms with Crippen molar-refractivity contribution in [3.8, 4) is 11.1 Å². The molecule has 0 aromatic heterocycles. The highest BCUT2D eigenvalue weighted by atomic mass is 16.3. The minimum atomic E-state index is -0.917. The van der Waals surface area contributed by atoms with Gasteiger partial charge in [-0.1, -0.05) is 78.9 Å². The summed E-state index contributed by atoms with van der Waals surface area (Å²) in [6.45, 7) is 3.74. The summed E-state index contributed by atoms with van der Waals surface area (Å²) < 4.78 is 0. The molecule has 0 aliphatic carbocycles. The number of nitrogens with zero attached hydrogens (tertiary/aromatic N) is 1. The van der Waals surface area contributed by atoms with Crippen molar-refractivity contribution >= 4 is 0 Å². The van der Waals surface area contributed by atoms with Crippen molar-refractivity contribution in [2.75, 3.05) is 13.6 Å². The Morgan fingerprint density at radius 1 is 0.846 bits per heavy atom. The molecule has 0 amide bonds. The fourth-order valence-corrected chi connectivity index (χ4v) is 4.10. The Hall–Kier alpha value is -2.42. The van der Waals surface area contributed by atoms with E-state index in [1.165, 1.54) is 22.3 Å². The summed E-state index contributed by atoms with van der Waals surface area (Å²) in [7, 11) is 2.12. The molecule has 0 radical (unpaired) electrons. The smallest absolute Gasteiger partial charge is 0.0949 e. The van der Waals surface area contributed by atoms with Crippen LogP contribution >= 0.6 is 0 Å². The fourth-order valence-electron chi connectivity index (χ4n) is 4.10. The molecule has 3 aromatic rings. The zero-order chi connectivity index (χ0) is 18.1. The van der Waals surface area contributed by atoms with Gasteiger partial charge in [-0.2, -0.15) is 0 Å². The fraction of sp³-hybridized carbons (Fsp3) is 0.250. The SMILES string of the molecule is CN1Cc2ccccc2C(C(C)(O)c2ccc(-c3ccccc3)cc2)C1. The highest BCUT2D eigenvalue weighted by Crippen LogP contribution is 2.41. The zero-order valence-corrected chi connectivity index (χ0v) is 15.4. The molecule has 2 unspecified atom stereocenters. The molecule has 132 valence electrons. The van der Waals surface area contributed by atoms with Crippen LogP contribution in [0.15, 0.2) is 78.9 Å². The molecule has 0 saturated heterocycles. The van der Waals surface area contributed by atoms with E-state index in [4.69, 9.17) is 0 Å². The molecule has 1 N–H and O–H groups in total. The predicted octanol–water partition coefficient (Wildman–Crippen LogP) is 4.79. The second kappa shape index (κ2) is 6.71. The van der Waals surface area contributed by atoms with Crippen LogP contribution in [0.4, 0.5) is 0 Å². The van der Waals surface area contributed by atoms with Gasteiger partial charge in [-0.05, 0) is 41.8 Å². The van der Waals surface area contributed by atoms with E-state index >= 15 is 0 Å². The van der Waals surface area contributed by atoms with Crippen LogP contribution in [0, 0.1) is 0 Å². The first-order chi connectivity index (χ1) is 12.6. The summed E-state index contributed by atoms with van der Waals surface area (Å²) in [5.74, 6) is 0.0556.